The van der Waals surface area contributed by atoms with E-state index >= 15 is 0 Å². The van der Waals surface area contributed by atoms with Crippen LogP contribution in [-0.4, -0.2) is 17.2 Å². The molecule has 4 aromatic rings. The highest BCUT2D eigenvalue weighted by atomic mass is 16.5. The highest BCUT2D eigenvalue weighted by Crippen LogP contribution is 2.29. The van der Waals surface area contributed by atoms with E-state index in [1.165, 1.54) is 12.7 Å². The first-order valence-corrected chi connectivity index (χ1v) is 8.71. The van der Waals surface area contributed by atoms with Crippen molar-refractivity contribution in [3.8, 4) is 0 Å². The van der Waals surface area contributed by atoms with Gasteiger partial charge >= 0.3 is 5.97 Å². The van der Waals surface area contributed by atoms with Crippen LogP contribution < -0.4 is 10.6 Å². The van der Waals surface area contributed by atoms with Crippen LogP contribution in [0.15, 0.2) is 69.8 Å². The summed E-state index contributed by atoms with van der Waals surface area (Å²) in [5.41, 5.74) is 2.19. The second-order valence-corrected chi connectivity index (χ2v) is 6.62. The molecule has 0 N–H and O–H groups in total. The molecule has 6 rings (SSSR count). The molecule has 0 atom stereocenters. The van der Waals surface area contributed by atoms with Crippen LogP contribution in [0.3, 0.4) is 0 Å². The Hall–Kier alpha value is -4.06. The highest BCUT2D eigenvalue weighted by Gasteiger charge is 2.17. The molecule has 0 amide bonds. The molecule has 0 saturated heterocycles. The predicted octanol–water partition coefficient (Wildman–Crippen LogP) is 2.94. The maximum absolute atomic E-state index is 12.2. The average molecular weight is 365 g/mol. The zero-order valence-corrected chi connectivity index (χ0v) is 14.4. The lowest BCUT2D eigenvalue weighted by atomic mass is 9.96. The zero-order chi connectivity index (χ0) is 18.7. The van der Waals surface area contributed by atoms with Gasteiger partial charge in [0.15, 0.2) is 12.1 Å². The third-order valence-corrected chi connectivity index (χ3v) is 5.08. The monoisotopic (exact) mass is 365 g/mol. The van der Waals surface area contributed by atoms with Gasteiger partial charge in [-0.1, -0.05) is 18.2 Å². The van der Waals surface area contributed by atoms with Crippen molar-refractivity contribution in [3.05, 3.63) is 82.5 Å². The maximum atomic E-state index is 12.2. The lowest BCUT2D eigenvalue weighted by Crippen LogP contribution is -2.12. The second-order valence-electron chi connectivity index (χ2n) is 6.62. The van der Waals surface area contributed by atoms with Gasteiger partial charge < -0.3 is 9.15 Å². The van der Waals surface area contributed by atoms with Crippen molar-refractivity contribution in [2.24, 2.45) is 10.2 Å². The van der Waals surface area contributed by atoms with Crippen molar-refractivity contribution >= 4 is 45.6 Å². The molecule has 0 radical (unpaired) electrons. The Morgan fingerprint density at radius 1 is 1.00 bits per heavy atom. The van der Waals surface area contributed by atoms with Gasteiger partial charge in [0, 0.05) is 10.8 Å². The number of oxazole rings is 1. The summed E-state index contributed by atoms with van der Waals surface area (Å²) < 4.78 is 10.4. The Kier molecular flexibility index (Phi) is 2.94. The van der Waals surface area contributed by atoms with E-state index in [-0.39, 0.29) is 5.69 Å². The summed E-state index contributed by atoms with van der Waals surface area (Å²) in [5, 5.41) is 14.4. The lowest BCUT2D eigenvalue weighted by Gasteiger charge is -2.07. The van der Waals surface area contributed by atoms with Gasteiger partial charge in [-0.15, -0.1) is 0 Å². The number of aromatic nitrogens is 1. The zero-order valence-electron chi connectivity index (χ0n) is 14.4. The fraction of sp³-hybridized carbons (Fsp3) is 0. The van der Waals surface area contributed by atoms with Crippen LogP contribution in [0, 0.1) is 0 Å². The number of carbonyl (C=O) groups is 1. The normalized spacial score (nSPS) is 13.8. The van der Waals surface area contributed by atoms with E-state index in [0.29, 0.717) is 5.76 Å². The number of esters is 1. The van der Waals surface area contributed by atoms with Crippen molar-refractivity contribution in [1.82, 2.24) is 4.98 Å². The molecule has 6 nitrogen and oxygen atoms in total. The molecular weight excluding hydrogens is 354 g/mol. The minimum absolute atomic E-state index is 0.141. The summed E-state index contributed by atoms with van der Waals surface area (Å²) in [6, 6.07) is 12.4. The first kappa shape index (κ1) is 15.0. The summed E-state index contributed by atoms with van der Waals surface area (Å²) in [6.07, 6.45) is 8.02. The molecule has 1 aliphatic carbocycles. The average Bonchev–Trinajstić information content (AvgIpc) is 3.46. The summed E-state index contributed by atoms with van der Waals surface area (Å²) in [5.74, 6) is -0.0386. The van der Waals surface area contributed by atoms with Gasteiger partial charge in [-0.05, 0) is 57.5 Å². The molecule has 28 heavy (non-hydrogen) atoms. The van der Waals surface area contributed by atoms with Crippen molar-refractivity contribution in [3.63, 3.8) is 0 Å². The van der Waals surface area contributed by atoms with Crippen molar-refractivity contribution in [2.45, 2.75) is 0 Å². The summed E-state index contributed by atoms with van der Waals surface area (Å²) in [4.78, 5) is 16.0. The number of ether oxygens (including phenoxy) is 1. The van der Waals surface area contributed by atoms with Crippen molar-refractivity contribution < 1.29 is 13.9 Å². The van der Waals surface area contributed by atoms with E-state index in [9.17, 15) is 4.79 Å². The smallest absolute Gasteiger partial charge is 0.365 e. The van der Waals surface area contributed by atoms with Gasteiger partial charge in [-0.2, -0.15) is 10.2 Å². The van der Waals surface area contributed by atoms with Crippen LogP contribution in [0.5, 0.6) is 0 Å². The molecule has 0 spiro atoms. The molecule has 6 heteroatoms. The molecule has 132 valence electrons. The minimum Gasteiger partial charge on any atom is -0.451 e. The third-order valence-electron chi connectivity index (χ3n) is 5.08. The highest BCUT2D eigenvalue weighted by molar-refractivity contribution is 6.12. The molecule has 3 aromatic carbocycles. The summed E-state index contributed by atoms with van der Waals surface area (Å²) in [7, 11) is 0. The molecule has 1 aromatic heterocycles. The van der Waals surface area contributed by atoms with Gasteiger partial charge in [0.25, 0.3) is 0 Å². The predicted molar refractivity (Wildman–Crippen MR) is 104 cm³/mol. The molecule has 2 heterocycles. The van der Waals surface area contributed by atoms with Crippen molar-refractivity contribution in [2.75, 3.05) is 0 Å². The molecule has 0 fully saturated rings. The van der Waals surface area contributed by atoms with Crippen LogP contribution in [0.25, 0.3) is 33.4 Å². The minimum atomic E-state index is -0.543. The standard InChI is InChI=1S/C22H11N3O3/c26-22(20-10-27-11-23-20)28-21-6-5-15-14-2-1-12-8-19-13(9-24-25-19)7-18(12)16(14)3-4-17(15)21/h1-11H. The number of benzene rings is 3. The lowest BCUT2D eigenvalue weighted by molar-refractivity contribution is 0.0686. The van der Waals surface area contributed by atoms with E-state index in [1.54, 1.807) is 12.3 Å². The van der Waals surface area contributed by atoms with E-state index < -0.39 is 5.97 Å². The quantitative estimate of drug-likeness (QED) is 0.404. The topological polar surface area (TPSA) is 77.0 Å². The van der Waals surface area contributed by atoms with E-state index in [0.717, 1.165) is 43.2 Å². The van der Waals surface area contributed by atoms with E-state index in [2.05, 4.69) is 45.5 Å². The number of nitrogens with zero attached hydrogens (tertiary/aromatic N) is 3. The number of rotatable bonds is 2. The van der Waals surface area contributed by atoms with Crippen LogP contribution in [0.1, 0.15) is 21.6 Å². The summed E-state index contributed by atoms with van der Waals surface area (Å²) >= 11 is 0. The van der Waals surface area contributed by atoms with E-state index in [4.69, 9.17) is 9.15 Å². The molecular formula is C22H11N3O3. The summed E-state index contributed by atoms with van der Waals surface area (Å²) in [6.45, 7) is 0. The van der Waals surface area contributed by atoms with Gasteiger partial charge in [0.05, 0.1) is 11.6 Å². The maximum Gasteiger partial charge on any atom is 0.365 e. The fourth-order valence-corrected chi connectivity index (χ4v) is 3.76. The first-order chi connectivity index (χ1) is 13.8. The Balaban J connectivity index is 1.54. The Morgan fingerprint density at radius 2 is 1.93 bits per heavy atom. The Bertz CT molecular complexity index is 1500. The molecule has 0 saturated carbocycles. The fourth-order valence-electron chi connectivity index (χ4n) is 3.76. The Labute approximate surface area is 157 Å². The molecule has 1 aliphatic heterocycles. The van der Waals surface area contributed by atoms with Crippen LogP contribution in [0.4, 0.5) is 0 Å². The second kappa shape index (κ2) is 5.47. The number of hydrogen-bond donors (Lipinski definition) is 0. The van der Waals surface area contributed by atoms with Crippen LogP contribution in [-0.2, 0) is 4.74 Å². The molecule has 0 bridgehead atoms. The van der Waals surface area contributed by atoms with Crippen molar-refractivity contribution in [1.29, 1.82) is 0 Å². The SMILES string of the molecule is O=C(OC1=c2ccc3c(ccc4cc5c(cc43)C=NN=5)c2C=C1)c1cocn1. The first-order valence-electron chi connectivity index (χ1n) is 8.71. The molecule has 0 unspecified atom stereocenters. The van der Waals surface area contributed by atoms with Gasteiger partial charge in [0.1, 0.15) is 12.0 Å². The van der Waals surface area contributed by atoms with Gasteiger partial charge in [0.2, 0.25) is 0 Å². The van der Waals surface area contributed by atoms with Crippen LogP contribution in [0.2, 0.25) is 0 Å². The van der Waals surface area contributed by atoms with E-state index in [1.807, 2.05) is 12.1 Å². The number of carbonyl (C=O) groups excluding carboxylic acids is 1. The number of hydrogen-bond acceptors (Lipinski definition) is 6. The largest absolute Gasteiger partial charge is 0.451 e. The number of fused-ring (bicyclic) bond motifs is 6. The molecule has 2 aliphatic rings. The third kappa shape index (κ3) is 2.08. The van der Waals surface area contributed by atoms with Crippen LogP contribution >= 0.6 is 0 Å². The Morgan fingerprint density at radius 3 is 2.82 bits per heavy atom. The van der Waals surface area contributed by atoms with Gasteiger partial charge in [-0.3, -0.25) is 0 Å². The van der Waals surface area contributed by atoms with Gasteiger partial charge in [-0.25, -0.2) is 9.78 Å².